The Hall–Kier alpha value is -1.09. The van der Waals surface area contributed by atoms with Crippen LogP contribution in [0.2, 0.25) is 0 Å². The summed E-state index contributed by atoms with van der Waals surface area (Å²) in [6.07, 6.45) is 7.44. The van der Waals surface area contributed by atoms with Gasteiger partial charge in [-0.25, -0.2) is 4.98 Å². The van der Waals surface area contributed by atoms with Crippen molar-refractivity contribution in [2.75, 3.05) is 31.6 Å². The molecule has 0 saturated carbocycles. The van der Waals surface area contributed by atoms with E-state index >= 15 is 0 Å². The lowest BCUT2D eigenvalue weighted by Gasteiger charge is -2.36. The molecule has 0 aromatic carbocycles. The molecule has 0 bridgehead atoms. The number of aromatic nitrogens is 1. The van der Waals surface area contributed by atoms with Crippen molar-refractivity contribution in [3.8, 4) is 0 Å². The zero-order valence-electron chi connectivity index (χ0n) is 17.2. The van der Waals surface area contributed by atoms with E-state index < -0.39 is 0 Å². The molecule has 0 spiro atoms. The Kier molecular flexibility index (Phi) is 11.7. The molecule has 2 N–H and O–H groups in total. The SMILES string of the molecule is CCCCCCNC(=NC)NCc1ccc(N2CC(C)OC(C)C2)nc1.I. The van der Waals surface area contributed by atoms with E-state index in [1.165, 1.54) is 25.7 Å². The Morgan fingerprint density at radius 2 is 1.93 bits per heavy atom. The van der Waals surface area contributed by atoms with Crippen LogP contribution in [0.5, 0.6) is 0 Å². The Morgan fingerprint density at radius 1 is 1.19 bits per heavy atom. The summed E-state index contributed by atoms with van der Waals surface area (Å²) in [6, 6.07) is 4.23. The molecule has 1 aromatic rings. The molecule has 1 aromatic heterocycles. The highest BCUT2D eigenvalue weighted by Gasteiger charge is 2.22. The Balaban J connectivity index is 0.00000364. The molecular weight excluding hydrogens is 453 g/mol. The minimum Gasteiger partial charge on any atom is -0.372 e. The fourth-order valence-electron chi connectivity index (χ4n) is 3.24. The number of pyridine rings is 1. The van der Waals surface area contributed by atoms with Crippen LogP contribution in [0.25, 0.3) is 0 Å². The number of ether oxygens (including phenoxy) is 1. The van der Waals surface area contributed by atoms with Gasteiger partial charge in [-0.2, -0.15) is 0 Å². The van der Waals surface area contributed by atoms with Gasteiger partial charge < -0.3 is 20.3 Å². The van der Waals surface area contributed by atoms with E-state index in [4.69, 9.17) is 4.74 Å². The summed E-state index contributed by atoms with van der Waals surface area (Å²) >= 11 is 0. The number of guanidine groups is 1. The van der Waals surface area contributed by atoms with Crippen molar-refractivity contribution in [3.05, 3.63) is 23.9 Å². The molecule has 1 saturated heterocycles. The number of halogens is 1. The van der Waals surface area contributed by atoms with Gasteiger partial charge in [0.15, 0.2) is 5.96 Å². The second kappa shape index (κ2) is 13.1. The normalized spacial score (nSPS) is 20.1. The van der Waals surface area contributed by atoms with Crippen molar-refractivity contribution >= 4 is 35.8 Å². The number of aliphatic imine (C=N–C) groups is 1. The average Bonchev–Trinajstić information content (AvgIpc) is 2.63. The molecule has 2 heterocycles. The van der Waals surface area contributed by atoms with Crippen molar-refractivity contribution in [1.82, 2.24) is 15.6 Å². The lowest BCUT2D eigenvalue weighted by molar-refractivity contribution is -0.00545. The van der Waals surface area contributed by atoms with Crippen molar-refractivity contribution in [2.45, 2.75) is 65.2 Å². The van der Waals surface area contributed by atoms with Crippen LogP contribution in [-0.2, 0) is 11.3 Å². The molecule has 0 amide bonds. The molecule has 6 nitrogen and oxygen atoms in total. The first-order valence-electron chi connectivity index (χ1n) is 9.92. The van der Waals surface area contributed by atoms with Crippen LogP contribution in [0.1, 0.15) is 52.0 Å². The van der Waals surface area contributed by atoms with Crippen molar-refractivity contribution in [2.24, 2.45) is 4.99 Å². The summed E-state index contributed by atoms with van der Waals surface area (Å²) in [5.74, 6) is 1.87. The van der Waals surface area contributed by atoms with Crippen LogP contribution in [0.4, 0.5) is 5.82 Å². The molecule has 154 valence electrons. The Labute approximate surface area is 181 Å². The lowest BCUT2D eigenvalue weighted by atomic mass is 10.2. The first-order valence-corrected chi connectivity index (χ1v) is 9.92. The molecule has 0 aliphatic carbocycles. The van der Waals surface area contributed by atoms with Crippen LogP contribution < -0.4 is 15.5 Å². The third-order valence-corrected chi connectivity index (χ3v) is 4.56. The van der Waals surface area contributed by atoms with E-state index in [9.17, 15) is 0 Å². The van der Waals surface area contributed by atoms with E-state index in [-0.39, 0.29) is 36.2 Å². The minimum absolute atomic E-state index is 0. The summed E-state index contributed by atoms with van der Waals surface area (Å²) in [5.41, 5.74) is 1.15. The van der Waals surface area contributed by atoms with E-state index in [0.29, 0.717) is 0 Å². The summed E-state index contributed by atoms with van der Waals surface area (Å²) in [4.78, 5) is 11.2. The topological polar surface area (TPSA) is 61.8 Å². The molecule has 2 unspecified atom stereocenters. The molecule has 2 atom stereocenters. The fourth-order valence-corrected chi connectivity index (χ4v) is 3.24. The molecule has 0 radical (unpaired) electrons. The van der Waals surface area contributed by atoms with Crippen LogP contribution >= 0.6 is 24.0 Å². The number of nitrogens with one attached hydrogen (secondary N) is 2. The molecular formula is C20H36IN5O. The Bertz CT molecular complexity index is 542. The monoisotopic (exact) mass is 489 g/mol. The zero-order chi connectivity index (χ0) is 18.8. The van der Waals surface area contributed by atoms with E-state index in [0.717, 1.165) is 43.5 Å². The maximum atomic E-state index is 5.79. The summed E-state index contributed by atoms with van der Waals surface area (Å²) < 4.78 is 5.79. The van der Waals surface area contributed by atoms with Crippen LogP contribution in [-0.4, -0.2) is 49.8 Å². The van der Waals surface area contributed by atoms with Gasteiger partial charge >= 0.3 is 0 Å². The largest absolute Gasteiger partial charge is 0.372 e. The molecule has 7 heteroatoms. The van der Waals surface area contributed by atoms with Gasteiger partial charge in [0.05, 0.1) is 12.2 Å². The van der Waals surface area contributed by atoms with Gasteiger partial charge in [-0.15, -0.1) is 24.0 Å². The van der Waals surface area contributed by atoms with Crippen molar-refractivity contribution in [3.63, 3.8) is 0 Å². The third-order valence-electron chi connectivity index (χ3n) is 4.56. The number of rotatable bonds is 8. The maximum Gasteiger partial charge on any atom is 0.191 e. The number of hydrogen-bond acceptors (Lipinski definition) is 4. The summed E-state index contributed by atoms with van der Waals surface area (Å²) in [7, 11) is 1.81. The average molecular weight is 489 g/mol. The first kappa shape index (κ1) is 23.9. The summed E-state index contributed by atoms with van der Waals surface area (Å²) in [6.45, 7) is 9.92. The second-order valence-corrected chi connectivity index (χ2v) is 7.10. The third kappa shape index (κ3) is 8.64. The highest BCUT2D eigenvalue weighted by Crippen LogP contribution is 2.18. The zero-order valence-corrected chi connectivity index (χ0v) is 19.5. The van der Waals surface area contributed by atoms with E-state index in [1.807, 2.05) is 13.2 Å². The first-order chi connectivity index (χ1) is 12.6. The lowest BCUT2D eigenvalue weighted by Crippen LogP contribution is -2.45. The Morgan fingerprint density at radius 3 is 2.52 bits per heavy atom. The number of morpholine rings is 1. The number of unbranched alkanes of at least 4 members (excludes halogenated alkanes) is 3. The van der Waals surface area contributed by atoms with Gasteiger partial charge in [0.1, 0.15) is 5.82 Å². The van der Waals surface area contributed by atoms with Crippen LogP contribution in [0.3, 0.4) is 0 Å². The predicted molar refractivity (Wildman–Crippen MR) is 124 cm³/mol. The predicted octanol–water partition coefficient (Wildman–Crippen LogP) is 3.56. The van der Waals surface area contributed by atoms with Gasteiger partial charge in [-0.05, 0) is 31.9 Å². The van der Waals surface area contributed by atoms with Gasteiger partial charge in [0.25, 0.3) is 0 Å². The number of anilines is 1. The van der Waals surface area contributed by atoms with Crippen LogP contribution in [0, 0.1) is 0 Å². The number of nitrogens with zero attached hydrogens (tertiary/aromatic N) is 3. The van der Waals surface area contributed by atoms with Crippen LogP contribution in [0.15, 0.2) is 23.3 Å². The molecule has 1 aliphatic rings. The summed E-state index contributed by atoms with van der Waals surface area (Å²) in [5, 5.41) is 6.72. The maximum absolute atomic E-state index is 5.79. The van der Waals surface area contributed by atoms with Crippen molar-refractivity contribution in [1.29, 1.82) is 0 Å². The highest BCUT2D eigenvalue weighted by molar-refractivity contribution is 14.0. The molecule has 1 aliphatic heterocycles. The number of hydrogen-bond donors (Lipinski definition) is 2. The van der Waals surface area contributed by atoms with E-state index in [1.54, 1.807) is 0 Å². The smallest absolute Gasteiger partial charge is 0.191 e. The second-order valence-electron chi connectivity index (χ2n) is 7.10. The van der Waals surface area contributed by atoms with Gasteiger partial charge in [0, 0.05) is 39.4 Å². The van der Waals surface area contributed by atoms with Crippen molar-refractivity contribution < 1.29 is 4.74 Å². The van der Waals surface area contributed by atoms with Gasteiger partial charge in [-0.1, -0.05) is 32.3 Å². The van der Waals surface area contributed by atoms with E-state index in [2.05, 4.69) is 58.4 Å². The minimum atomic E-state index is 0. The van der Waals surface area contributed by atoms with Gasteiger partial charge in [0.2, 0.25) is 0 Å². The molecule has 1 fully saturated rings. The van der Waals surface area contributed by atoms with Gasteiger partial charge in [-0.3, -0.25) is 4.99 Å². The quantitative estimate of drug-likeness (QED) is 0.253. The standard InChI is InChI=1S/C20H35N5O.HI/c1-5-6-7-8-11-22-20(21-4)24-13-18-9-10-19(23-12-18)25-14-16(2)26-17(3)15-25;/h9-10,12,16-17H,5-8,11,13-15H2,1-4H3,(H2,21,22,24);1H. The fraction of sp³-hybridized carbons (Fsp3) is 0.700. The molecule has 27 heavy (non-hydrogen) atoms. The highest BCUT2D eigenvalue weighted by atomic mass is 127. The molecule has 2 rings (SSSR count).